The third-order valence-electron chi connectivity index (χ3n) is 4.31. The Labute approximate surface area is 148 Å². The minimum atomic E-state index is -0.641. The molecule has 1 aromatic carbocycles. The van der Waals surface area contributed by atoms with Gasteiger partial charge in [-0.05, 0) is 17.7 Å². The van der Waals surface area contributed by atoms with Gasteiger partial charge in [0, 0.05) is 46.8 Å². The number of methoxy groups -OCH3 is 1. The number of carbonyl (C=O) groups excluding carboxylic acids is 3. The highest BCUT2D eigenvalue weighted by Crippen LogP contribution is 2.16. The zero-order chi connectivity index (χ0) is 18.6. The van der Waals surface area contributed by atoms with Gasteiger partial charge in [0.25, 0.3) is 5.91 Å². The van der Waals surface area contributed by atoms with E-state index in [9.17, 15) is 14.4 Å². The topological polar surface area (TPSA) is 70.2 Å². The highest BCUT2D eigenvalue weighted by molar-refractivity contribution is 5.95. The summed E-state index contributed by atoms with van der Waals surface area (Å²) in [5.41, 5.74) is 1.55. The fraction of sp³-hybridized carbons (Fsp3) is 0.500. The quantitative estimate of drug-likeness (QED) is 0.799. The zero-order valence-corrected chi connectivity index (χ0v) is 15.2. The highest BCUT2D eigenvalue weighted by Gasteiger charge is 2.36. The molecule has 1 unspecified atom stereocenters. The standard InChI is InChI=1S/C18H25N3O4/c1-13(22)21-10-9-20(11-16(21)18(24)19(2)3)17(23)15-7-5-14(6-8-15)12-25-4/h5-8,16H,9-12H2,1-4H3. The fourth-order valence-corrected chi connectivity index (χ4v) is 2.95. The van der Waals surface area contributed by atoms with E-state index in [1.165, 1.54) is 16.7 Å². The Bertz CT molecular complexity index is 642. The minimum Gasteiger partial charge on any atom is -0.380 e. The van der Waals surface area contributed by atoms with E-state index < -0.39 is 6.04 Å². The number of nitrogens with zero attached hydrogens (tertiary/aromatic N) is 3. The molecule has 0 spiro atoms. The Kier molecular flexibility index (Phi) is 6.14. The first-order chi connectivity index (χ1) is 11.8. The summed E-state index contributed by atoms with van der Waals surface area (Å²) in [5.74, 6) is -0.469. The molecule has 1 atom stereocenters. The molecule has 1 saturated heterocycles. The predicted molar refractivity (Wildman–Crippen MR) is 92.9 cm³/mol. The van der Waals surface area contributed by atoms with Gasteiger partial charge in [-0.25, -0.2) is 0 Å². The molecule has 0 radical (unpaired) electrons. The van der Waals surface area contributed by atoms with Crippen LogP contribution in [0.5, 0.6) is 0 Å². The van der Waals surface area contributed by atoms with Crippen molar-refractivity contribution in [2.24, 2.45) is 0 Å². The molecule has 1 aromatic rings. The molecule has 7 heteroatoms. The number of hydrogen-bond donors (Lipinski definition) is 0. The molecule has 0 saturated carbocycles. The summed E-state index contributed by atoms with van der Waals surface area (Å²) in [6, 6.07) is 6.59. The summed E-state index contributed by atoms with van der Waals surface area (Å²) in [7, 11) is 4.92. The SMILES string of the molecule is COCc1ccc(C(=O)N2CCN(C(C)=O)C(C(=O)N(C)C)C2)cc1. The van der Waals surface area contributed by atoms with Crippen LogP contribution in [-0.4, -0.2) is 79.3 Å². The van der Waals surface area contributed by atoms with Crippen molar-refractivity contribution in [2.75, 3.05) is 40.8 Å². The van der Waals surface area contributed by atoms with E-state index in [1.54, 1.807) is 38.2 Å². The lowest BCUT2D eigenvalue weighted by atomic mass is 10.1. The van der Waals surface area contributed by atoms with Crippen LogP contribution in [0.3, 0.4) is 0 Å². The van der Waals surface area contributed by atoms with Crippen molar-refractivity contribution in [3.63, 3.8) is 0 Å². The number of likely N-dealkylation sites (N-methyl/N-ethyl adjacent to an activating group) is 1. The molecule has 1 aliphatic heterocycles. The maximum atomic E-state index is 12.7. The first-order valence-corrected chi connectivity index (χ1v) is 8.20. The Morgan fingerprint density at radius 2 is 1.80 bits per heavy atom. The number of benzene rings is 1. The largest absolute Gasteiger partial charge is 0.380 e. The Morgan fingerprint density at radius 3 is 2.32 bits per heavy atom. The molecule has 0 N–H and O–H groups in total. The summed E-state index contributed by atoms with van der Waals surface area (Å²) < 4.78 is 5.07. The van der Waals surface area contributed by atoms with Gasteiger partial charge in [0.15, 0.2) is 0 Å². The Hall–Kier alpha value is -2.41. The van der Waals surface area contributed by atoms with E-state index in [2.05, 4.69) is 0 Å². The third kappa shape index (κ3) is 4.36. The lowest BCUT2D eigenvalue weighted by Crippen LogP contribution is -2.61. The molecular weight excluding hydrogens is 322 g/mol. The Morgan fingerprint density at radius 1 is 1.16 bits per heavy atom. The average molecular weight is 347 g/mol. The smallest absolute Gasteiger partial charge is 0.253 e. The van der Waals surface area contributed by atoms with Gasteiger partial charge in [0.2, 0.25) is 11.8 Å². The second-order valence-electron chi connectivity index (χ2n) is 6.34. The van der Waals surface area contributed by atoms with Crippen molar-refractivity contribution >= 4 is 17.7 Å². The van der Waals surface area contributed by atoms with Crippen molar-refractivity contribution in [3.8, 4) is 0 Å². The van der Waals surface area contributed by atoms with Crippen LogP contribution < -0.4 is 0 Å². The Balaban J connectivity index is 2.15. The monoisotopic (exact) mass is 347 g/mol. The van der Waals surface area contributed by atoms with Crippen molar-refractivity contribution in [3.05, 3.63) is 35.4 Å². The zero-order valence-electron chi connectivity index (χ0n) is 15.2. The van der Waals surface area contributed by atoms with E-state index in [4.69, 9.17) is 4.74 Å². The van der Waals surface area contributed by atoms with Crippen LogP contribution in [0.25, 0.3) is 0 Å². The highest BCUT2D eigenvalue weighted by atomic mass is 16.5. The molecular formula is C18H25N3O4. The van der Waals surface area contributed by atoms with Crippen molar-refractivity contribution in [1.29, 1.82) is 0 Å². The molecule has 3 amide bonds. The van der Waals surface area contributed by atoms with E-state index in [-0.39, 0.29) is 24.3 Å². The summed E-state index contributed by atoms with van der Waals surface area (Å²) in [6.45, 7) is 2.91. The van der Waals surface area contributed by atoms with Crippen LogP contribution in [0.15, 0.2) is 24.3 Å². The average Bonchev–Trinajstić information content (AvgIpc) is 2.60. The van der Waals surface area contributed by atoms with Crippen molar-refractivity contribution < 1.29 is 19.1 Å². The number of piperazine rings is 1. The molecule has 0 aliphatic carbocycles. The summed E-state index contributed by atoms with van der Waals surface area (Å²) >= 11 is 0. The number of amides is 3. The van der Waals surface area contributed by atoms with Gasteiger partial charge in [0.05, 0.1) is 13.2 Å². The van der Waals surface area contributed by atoms with E-state index >= 15 is 0 Å². The van der Waals surface area contributed by atoms with Crippen LogP contribution in [0.1, 0.15) is 22.8 Å². The van der Waals surface area contributed by atoms with Gasteiger partial charge in [0.1, 0.15) is 6.04 Å². The summed E-state index contributed by atoms with van der Waals surface area (Å²) in [4.78, 5) is 41.6. The summed E-state index contributed by atoms with van der Waals surface area (Å²) in [5, 5.41) is 0. The molecule has 7 nitrogen and oxygen atoms in total. The second-order valence-corrected chi connectivity index (χ2v) is 6.34. The molecule has 1 heterocycles. The maximum Gasteiger partial charge on any atom is 0.253 e. The normalized spacial score (nSPS) is 17.4. The van der Waals surface area contributed by atoms with Gasteiger partial charge < -0.3 is 19.4 Å². The van der Waals surface area contributed by atoms with Crippen LogP contribution in [0.2, 0.25) is 0 Å². The number of hydrogen-bond acceptors (Lipinski definition) is 4. The first-order valence-electron chi connectivity index (χ1n) is 8.20. The number of ether oxygens (including phenoxy) is 1. The molecule has 0 bridgehead atoms. The van der Waals surface area contributed by atoms with Gasteiger partial charge in [-0.15, -0.1) is 0 Å². The lowest BCUT2D eigenvalue weighted by Gasteiger charge is -2.41. The second kappa shape index (κ2) is 8.11. The van der Waals surface area contributed by atoms with Crippen LogP contribution in [-0.2, 0) is 20.9 Å². The van der Waals surface area contributed by atoms with Crippen LogP contribution in [0, 0.1) is 0 Å². The molecule has 1 aliphatic rings. The van der Waals surface area contributed by atoms with Crippen LogP contribution >= 0.6 is 0 Å². The van der Waals surface area contributed by atoms with Crippen LogP contribution in [0.4, 0.5) is 0 Å². The molecule has 0 aromatic heterocycles. The van der Waals surface area contributed by atoms with E-state index in [1.807, 2.05) is 12.1 Å². The maximum absolute atomic E-state index is 12.7. The molecule has 136 valence electrons. The number of carbonyl (C=O) groups is 3. The van der Waals surface area contributed by atoms with Gasteiger partial charge in [-0.1, -0.05) is 12.1 Å². The minimum absolute atomic E-state index is 0.135. The molecule has 2 rings (SSSR count). The van der Waals surface area contributed by atoms with Gasteiger partial charge in [-0.2, -0.15) is 0 Å². The number of rotatable bonds is 4. The fourth-order valence-electron chi connectivity index (χ4n) is 2.95. The summed E-state index contributed by atoms with van der Waals surface area (Å²) in [6.07, 6.45) is 0. The third-order valence-corrected chi connectivity index (χ3v) is 4.31. The van der Waals surface area contributed by atoms with E-state index in [0.717, 1.165) is 5.56 Å². The van der Waals surface area contributed by atoms with E-state index in [0.29, 0.717) is 25.3 Å². The lowest BCUT2D eigenvalue weighted by molar-refractivity contribution is -0.146. The van der Waals surface area contributed by atoms with Gasteiger partial charge >= 0.3 is 0 Å². The first kappa shape index (κ1) is 18.9. The van der Waals surface area contributed by atoms with Gasteiger partial charge in [-0.3, -0.25) is 14.4 Å². The van der Waals surface area contributed by atoms with Crippen molar-refractivity contribution in [2.45, 2.75) is 19.6 Å². The van der Waals surface area contributed by atoms with Crippen molar-refractivity contribution in [1.82, 2.24) is 14.7 Å². The molecule has 1 fully saturated rings. The predicted octanol–water partition coefficient (Wildman–Crippen LogP) is 0.594. The molecule has 25 heavy (non-hydrogen) atoms.